The van der Waals surface area contributed by atoms with E-state index in [-0.39, 0.29) is 37.5 Å². The lowest BCUT2D eigenvalue weighted by molar-refractivity contribution is -0.161. The van der Waals surface area contributed by atoms with Crippen molar-refractivity contribution in [3.05, 3.63) is 42.0 Å². The highest BCUT2D eigenvalue weighted by molar-refractivity contribution is 6.05. The van der Waals surface area contributed by atoms with E-state index in [9.17, 15) is 19.5 Å². The van der Waals surface area contributed by atoms with Crippen LogP contribution in [-0.4, -0.2) is 71.3 Å². The minimum absolute atomic E-state index is 0.00271. The number of ether oxygens (including phenoxy) is 2. The van der Waals surface area contributed by atoms with Crippen LogP contribution >= 0.6 is 0 Å². The van der Waals surface area contributed by atoms with Gasteiger partial charge < -0.3 is 24.4 Å². The van der Waals surface area contributed by atoms with E-state index in [0.717, 1.165) is 16.8 Å². The summed E-state index contributed by atoms with van der Waals surface area (Å²) in [5, 5.41) is 9.38. The number of nitrogens with zero attached hydrogens (tertiary/aromatic N) is 2. The van der Waals surface area contributed by atoms with E-state index in [1.807, 2.05) is 45.9 Å². The number of aliphatic hydroxyl groups excluding tert-OH is 1. The number of benzene rings is 1. The van der Waals surface area contributed by atoms with Gasteiger partial charge in [0.05, 0.1) is 18.1 Å². The Hall–Kier alpha value is -2.71. The smallest absolute Gasteiger partial charge is 0.312 e. The number of hydrogen-bond donors (Lipinski definition) is 1. The molecule has 1 aromatic carbocycles. The molecule has 3 aliphatic heterocycles. The Labute approximate surface area is 219 Å². The second kappa shape index (κ2) is 10.2. The summed E-state index contributed by atoms with van der Waals surface area (Å²) in [5.74, 6) is -2.55. The molecule has 0 radical (unpaired) electrons. The fraction of sp³-hybridized carbons (Fsp3) is 0.621. The number of anilines is 1. The molecule has 1 spiro atoms. The topological polar surface area (TPSA) is 96.4 Å². The van der Waals surface area contributed by atoms with Crippen molar-refractivity contribution in [2.45, 2.75) is 71.1 Å². The van der Waals surface area contributed by atoms with Gasteiger partial charge in [0.25, 0.3) is 5.91 Å². The normalized spacial score (nSPS) is 31.9. The van der Waals surface area contributed by atoms with Crippen LogP contribution in [0.15, 0.2) is 30.9 Å². The third kappa shape index (κ3) is 4.09. The van der Waals surface area contributed by atoms with Gasteiger partial charge in [-0.05, 0) is 64.0 Å². The van der Waals surface area contributed by atoms with E-state index >= 15 is 0 Å². The summed E-state index contributed by atoms with van der Waals surface area (Å²) < 4.78 is 12.2. The van der Waals surface area contributed by atoms with Crippen LogP contribution in [0.3, 0.4) is 0 Å². The van der Waals surface area contributed by atoms with Crippen molar-refractivity contribution in [2.75, 3.05) is 31.2 Å². The number of fused-ring (bicyclic) bond motifs is 1. The maximum Gasteiger partial charge on any atom is 0.312 e. The Morgan fingerprint density at radius 2 is 1.97 bits per heavy atom. The molecule has 0 aromatic heterocycles. The van der Waals surface area contributed by atoms with Gasteiger partial charge in [-0.15, -0.1) is 6.58 Å². The summed E-state index contributed by atoms with van der Waals surface area (Å²) in [7, 11) is 0. The fourth-order valence-corrected chi connectivity index (χ4v) is 7.04. The number of esters is 1. The number of amides is 2. The first-order valence-corrected chi connectivity index (χ1v) is 13.4. The van der Waals surface area contributed by atoms with E-state index in [4.69, 9.17) is 9.47 Å². The number of unbranched alkanes of at least 4 members (excludes halogenated alkanes) is 1. The molecule has 202 valence electrons. The fourth-order valence-electron chi connectivity index (χ4n) is 7.04. The SMILES string of the molecule is C=CCN(C(=O)C1N(CCCCO)C(=O)[C@@H]2[C@H](C(=O)OCC)[C@@]3(C)OC12CC3C)c1c(C)cccc1C. The third-order valence-corrected chi connectivity index (χ3v) is 8.68. The Kier molecular flexibility index (Phi) is 7.55. The number of carbonyl (C=O) groups excluding carboxylic acids is 3. The molecule has 3 unspecified atom stereocenters. The van der Waals surface area contributed by atoms with Gasteiger partial charge in [-0.3, -0.25) is 14.4 Å². The van der Waals surface area contributed by atoms with Crippen LogP contribution in [0, 0.1) is 31.6 Å². The summed E-state index contributed by atoms with van der Waals surface area (Å²) in [6.45, 7) is 14.2. The summed E-state index contributed by atoms with van der Waals surface area (Å²) >= 11 is 0. The van der Waals surface area contributed by atoms with Gasteiger partial charge in [-0.2, -0.15) is 0 Å². The molecule has 2 bridgehead atoms. The number of para-hydroxylation sites is 1. The predicted molar refractivity (Wildman–Crippen MR) is 140 cm³/mol. The van der Waals surface area contributed by atoms with Gasteiger partial charge >= 0.3 is 5.97 Å². The molecular formula is C29H40N2O6. The summed E-state index contributed by atoms with van der Waals surface area (Å²) in [5.41, 5.74) is 0.659. The summed E-state index contributed by atoms with van der Waals surface area (Å²) in [6.07, 6.45) is 3.23. The molecule has 3 saturated heterocycles. The minimum atomic E-state index is -1.13. The molecule has 3 aliphatic rings. The van der Waals surface area contributed by atoms with Crippen LogP contribution in [0.4, 0.5) is 5.69 Å². The first-order chi connectivity index (χ1) is 17.6. The van der Waals surface area contributed by atoms with E-state index in [1.165, 1.54) is 0 Å². The first kappa shape index (κ1) is 27.3. The number of likely N-dealkylation sites (tertiary alicyclic amines) is 1. The van der Waals surface area contributed by atoms with Crippen LogP contribution in [0.2, 0.25) is 0 Å². The Morgan fingerprint density at radius 3 is 2.57 bits per heavy atom. The summed E-state index contributed by atoms with van der Waals surface area (Å²) in [6, 6.07) is 4.98. The second-order valence-corrected chi connectivity index (χ2v) is 10.9. The molecular weight excluding hydrogens is 472 g/mol. The first-order valence-electron chi connectivity index (χ1n) is 13.4. The van der Waals surface area contributed by atoms with E-state index in [2.05, 4.69) is 6.58 Å². The van der Waals surface area contributed by atoms with Crippen LogP contribution < -0.4 is 4.90 Å². The molecule has 0 saturated carbocycles. The zero-order chi connectivity index (χ0) is 27.1. The number of aryl methyl sites for hydroxylation is 2. The van der Waals surface area contributed by atoms with Gasteiger partial charge in [0.2, 0.25) is 5.91 Å². The highest BCUT2D eigenvalue weighted by Gasteiger charge is 2.80. The van der Waals surface area contributed by atoms with Gasteiger partial charge in [0, 0.05) is 25.4 Å². The lowest BCUT2D eigenvalue weighted by Crippen LogP contribution is -2.57. The van der Waals surface area contributed by atoms with Gasteiger partial charge in [0.1, 0.15) is 17.6 Å². The zero-order valence-electron chi connectivity index (χ0n) is 22.7. The highest BCUT2D eigenvalue weighted by atomic mass is 16.6. The third-order valence-electron chi connectivity index (χ3n) is 8.68. The van der Waals surface area contributed by atoms with Crippen molar-refractivity contribution in [1.82, 2.24) is 4.90 Å². The molecule has 3 fully saturated rings. The molecule has 1 aromatic rings. The van der Waals surface area contributed by atoms with Crippen LogP contribution in [0.5, 0.6) is 0 Å². The Balaban J connectivity index is 1.84. The average Bonchev–Trinajstić information content (AvgIpc) is 3.35. The molecule has 0 aliphatic carbocycles. The van der Waals surface area contributed by atoms with E-state index in [0.29, 0.717) is 25.8 Å². The van der Waals surface area contributed by atoms with Crippen molar-refractivity contribution in [2.24, 2.45) is 17.8 Å². The van der Waals surface area contributed by atoms with Crippen LogP contribution in [-0.2, 0) is 23.9 Å². The number of carbonyl (C=O) groups is 3. The maximum atomic E-state index is 14.6. The second-order valence-electron chi connectivity index (χ2n) is 10.9. The molecule has 1 N–H and O–H groups in total. The number of aliphatic hydroxyl groups is 1. The van der Waals surface area contributed by atoms with Crippen molar-refractivity contribution in [1.29, 1.82) is 0 Å². The van der Waals surface area contributed by atoms with Crippen molar-refractivity contribution in [3.63, 3.8) is 0 Å². The molecule has 37 heavy (non-hydrogen) atoms. The van der Waals surface area contributed by atoms with E-state index < -0.39 is 35.0 Å². The summed E-state index contributed by atoms with van der Waals surface area (Å²) in [4.78, 5) is 45.2. The Bertz CT molecular complexity index is 1070. The van der Waals surface area contributed by atoms with Crippen LogP contribution in [0.25, 0.3) is 0 Å². The number of rotatable bonds is 10. The van der Waals surface area contributed by atoms with Crippen molar-refractivity contribution >= 4 is 23.5 Å². The van der Waals surface area contributed by atoms with Crippen molar-refractivity contribution in [3.8, 4) is 0 Å². The highest BCUT2D eigenvalue weighted by Crippen LogP contribution is 2.65. The minimum Gasteiger partial charge on any atom is -0.466 e. The van der Waals surface area contributed by atoms with Crippen LogP contribution in [0.1, 0.15) is 51.2 Å². The monoisotopic (exact) mass is 512 g/mol. The molecule has 8 heteroatoms. The van der Waals surface area contributed by atoms with Gasteiger partial charge in [-0.1, -0.05) is 31.2 Å². The molecule has 3 heterocycles. The number of hydrogen-bond acceptors (Lipinski definition) is 6. The Morgan fingerprint density at radius 1 is 1.30 bits per heavy atom. The van der Waals surface area contributed by atoms with Gasteiger partial charge in [0.15, 0.2) is 0 Å². The molecule has 2 amide bonds. The molecule has 8 nitrogen and oxygen atoms in total. The zero-order valence-corrected chi connectivity index (χ0v) is 22.7. The lowest BCUT2D eigenvalue weighted by atomic mass is 9.62. The standard InChI is InChI=1S/C29H40N2O6/c1-7-14-30(23-18(3)12-11-13-19(23)4)26(34)24-29-17-20(5)28(6,37-29)22(27(35)36-8-2)21(29)25(33)31(24)15-9-10-16-32/h7,11-13,20-22,24,32H,1,8-10,14-17H2,2-6H3/t20?,21-,22+,24?,28-,29?/m0/s1. The average molecular weight is 513 g/mol. The molecule has 4 rings (SSSR count). The van der Waals surface area contributed by atoms with Gasteiger partial charge in [-0.25, -0.2) is 0 Å². The quantitative estimate of drug-likeness (QED) is 0.294. The largest absolute Gasteiger partial charge is 0.466 e. The van der Waals surface area contributed by atoms with E-state index in [1.54, 1.807) is 22.8 Å². The predicted octanol–water partition coefficient (Wildman–Crippen LogP) is 3.17. The van der Waals surface area contributed by atoms with Crippen molar-refractivity contribution < 1.29 is 29.0 Å². The molecule has 6 atom stereocenters. The maximum absolute atomic E-state index is 14.6. The lowest BCUT2D eigenvalue weighted by Gasteiger charge is -2.38.